The first-order valence-electron chi connectivity index (χ1n) is 4.48. The maximum atomic E-state index is 3.23. The zero-order valence-corrected chi connectivity index (χ0v) is 8.04. The summed E-state index contributed by atoms with van der Waals surface area (Å²) in [6.45, 7) is 6.46. The Morgan fingerprint density at radius 1 is 1.08 bits per heavy atom. The van der Waals surface area contributed by atoms with Crippen molar-refractivity contribution in [3.63, 3.8) is 0 Å². The molecule has 1 N–H and O–H groups in total. The molecule has 0 aromatic rings. The van der Waals surface area contributed by atoms with Crippen molar-refractivity contribution < 1.29 is 0 Å². The number of hydrogen-bond acceptors (Lipinski definition) is 1. The van der Waals surface area contributed by atoms with Crippen molar-refractivity contribution in [3.8, 4) is 0 Å². The Kier molecular flexibility index (Phi) is 3.15. The molecular weight excluding hydrogens is 146 g/mol. The minimum absolute atomic E-state index is 0.527. The van der Waals surface area contributed by atoms with Crippen molar-refractivity contribution in [2.24, 2.45) is 11.8 Å². The topological polar surface area (TPSA) is 12.0 Å². The van der Waals surface area contributed by atoms with Crippen LogP contribution in [0.4, 0.5) is 0 Å². The molecule has 0 bridgehead atoms. The van der Waals surface area contributed by atoms with Crippen LogP contribution in [0.1, 0.15) is 20.8 Å². The van der Waals surface area contributed by atoms with Crippen molar-refractivity contribution in [1.82, 2.24) is 5.32 Å². The molecule has 0 aromatic heterocycles. The molecule has 1 aliphatic rings. The molecule has 0 saturated heterocycles. The quantitative estimate of drug-likeness (QED) is 0.541. The predicted octanol–water partition coefficient (Wildman–Crippen LogP) is 2.84. The van der Waals surface area contributed by atoms with Crippen molar-refractivity contribution in [3.05, 3.63) is 36.2 Å². The van der Waals surface area contributed by atoms with Gasteiger partial charge in [0.2, 0.25) is 0 Å². The highest BCUT2D eigenvalue weighted by Crippen LogP contribution is 2.08. The Hall–Kier alpha value is -0.980. The lowest BCUT2D eigenvalue weighted by Gasteiger charge is -2.01. The summed E-state index contributed by atoms with van der Waals surface area (Å²) >= 11 is 0. The van der Waals surface area contributed by atoms with Crippen LogP contribution in [0.15, 0.2) is 36.2 Å². The normalized spacial score (nSPS) is 36.8. The monoisotopic (exact) mass is 163 g/mol. The van der Waals surface area contributed by atoms with Gasteiger partial charge in [-0.25, -0.2) is 0 Å². The van der Waals surface area contributed by atoms with E-state index in [4.69, 9.17) is 0 Å². The highest BCUT2D eigenvalue weighted by molar-refractivity contribution is 5.11. The average Bonchev–Trinajstić information content (AvgIpc) is 2.05. The first-order chi connectivity index (χ1) is 5.68. The van der Waals surface area contributed by atoms with Gasteiger partial charge in [0.1, 0.15) is 0 Å². The van der Waals surface area contributed by atoms with Crippen LogP contribution in [0.5, 0.6) is 0 Å². The van der Waals surface area contributed by atoms with Crippen LogP contribution in [-0.4, -0.2) is 0 Å². The molecule has 12 heavy (non-hydrogen) atoms. The van der Waals surface area contributed by atoms with E-state index in [9.17, 15) is 0 Å². The van der Waals surface area contributed by atoms with Gasteiger partial charge in [0, 0.05) is 5.70 Å². The Balaban J connectivity index is 2.75. The summed E-state index contributed by atoms with van der Waals surface area (Å²) < 4.78 is 0. The van der Waals surface area contributed by atoms with E-state index in [1.807, 2.05) is 6.20 Å². The number of rotatable bonds is 0. The molecule has 0 aromatic carbocycles. The van der Waals surface area contributed by atoms with E-state index >= 15 is 0 Å². The number of allylic oxidation sites excluding steroid dienone is 5. The number of nitrogens with one attached hydrogen (secondary N) is 1. The van der Waals surface area contributed by atoms with Gasteiger partial charge in [-0.3, -0.25) is 0 Å². The third-order valence-corrected chi connectivity index (χ3v) is 1.94. The second-order valence-electron chi connectivity index (χ2n) is 3.46. The molecule has 2 atom stereocenters. The SMILES string of the molecule is C/C1=C/C(C)/C=C\C(C)C=CN1. The summed E-state index contributed by atoms with van der Waals surface area (Å²) in [5, 5.41) is 3.23. The predicted molar refractivity (Wildman–Crippen MR) is 53.5 cm³/mol. The molecule has 2 unspecified atom stereocenters. The maximum Gasteiger partial charge on any atom is 0.00800 e. The van der Waals surface area contributed by atoms with Crippen molar-refractivity contribution in [2.45, 2.75) is 20.8 Å². The minimum atomic E-state index is 0.527. The Labute approximate surface area is 74.9 Å². The van der Waals surface area contributed by atoms with E-state index in [1.165, 1.54) is 5.70 Å². The standard InChI is InChI=1S/C11H17N/c1-9-4-5-10(2)8-11(3)12-7-6-9/h4-10,12H,1-3H3/b5-4-,7-6?,11-8-. The summed E-state index contributed by atoms with van der Waals surface area (Å²) in [6.07, 6.45) is 10.9. The second kappa shape index (κ2) is 4.15. The Morgan fingerprint density at radius 3 is 2.50 bits per heavy atom. The fourth-order valence-corrected chi connectivity index (χ4v) is 1.24. The fraction of sp³-hybridized carbons (Fsp3) is 0.455. The summed E-state index contributed by atoms with van der Waals surface area (Å²) in [6, 6.07) is 0. The van der Waals surface area contributed by atoms with Gasteiger partial charge in [0.05, 0.1) is 0 Å². The lowest BCUT2D eigenvalue weighted by Crippen LogP contribution is -2.02. The zero-order chi connectivity index (χ0) is 8.97. The summed E-state index contributed by atoms with van der Waals surface area (Å²) in [5.41, 5.74) is 1.22. The average molecular weight is 163 g/mol. The molecule has 0 saturated carbocycles. The van der Waals surface area contributed by atoms with Gasteiger partial charge >= 0.3 is 0 Å². The molecule has 0 fully saturated rings. The largest absolute Gasteiger partial charge is 0.366 e. The van der Waals surface area contributed by atoms with Crippen LogP contribution in [0.2, 0.25) is 0 Å². The summed E-state index contributed by atoms with van der Waals surface area (Å²) in [5.74, 6) is 1.05. The van der Waals surface area contributed by atoms with Gasteiger partial charge in [-0.15, -0.1) is 0 Å². The Morgan fingerprint density at radius 2 is 1.75 bits per heavy atom. The summed E-state index contributed by atoms with van der Waals surface area (Å²) in [4.78, 5) is 0. The third-order valence-electron chi connectivity index (χ3n) is 1.94. The summed E-state index contributed by atoms with van der Waals surface area (Å²) in [7, 11) is 0. The van der Waals surface area contributed by atoms with Gasteiger partial charge in [0.15, 0.2) is 0 Å². The van der Waals surface area contributed by atoms with Gasteiger partial charge in [-0.05, 0) is 25.0 Å². The lowest BCUT2D eigenvalue weighted by atomic mass is 10.1. The molecule has 0 aliphatic carbocycles. The third kappa shape index (κ3) is 2.95. The first kappa shape index (κ1) is 9.11. The molecule has 0 spiro atoms. The smallest absolute Gasteiger partial charge is 0.00800 e. The first-order valence-corrected chi connectivity index (χ1v) is 4.48. The van der Waals surface area contributed by atoms with E-state index in [-0.39, 0.29) is 0 Å². The van der Waals surface area contributed by atoms with E-state index in [1.54, 1.807) is 0 Å². The fourth-order valence-electron chi connectivity index (χ4n) is 1.24. The number of hydrogen-bond donors (Lipinski definition) is 1. The van der Waals surface area contributed by atoms with Crippen LogP contribution in [-0.2, 0) is 0 Å². The highest BCUT2D eigenvalue weighted by atomic mass is 14.8. The molecule has 1 nitrogen and oxygen atoms in total. The van der Waals surface area contributed by atoms with Crippen molar-refractivity contribution >= 4 is 0 Å². The molecule has 1 aliphatic heterocycles. The maximum absolute atomic E-state index is 3.23. The van der Waals surface area contributed by atoms with E-state index in [0.29, 0.717) is 11.8 Å². The van der Waals surface area contributed by atoms with E-state index in [0.717, 1.165) is 0 Å². The highest BCUT2D eigenvalue weighted by Gasteiger charge is 1.97. The van der Waals surface area contributed by atoms with Crippen LogP contribution in [0.25, 0.3) is 0 Å². The van der Waals surface area contributed by atoms with Gasteiger partial charge in [-0.1, -0.05) is 38.2 Å². The molecule has 66 valence electrons. The van der Waals surface area contributed by atoms with Crippen LogP contribution in [0, 0.1) is 11.8 Å². The zero-order valence-electron chi connectivity index (χ0n) is 8.04. The second-order valence-corrected chi connectivity index (χ2v) is 3.46. The molecular formula is C11H17N. The van der Waals surface area contributed by atoms with Gasteiger partial charge in [0.25, 0.3) is 0 Å². The minimum Gasteiger partial charge on any atom is -0.366 e. The molecule has 0 radical (unpaired) electrons. The van der Waals surface area contributed by atoms with Crippen LogP contribution < -0.4 is 5.32 Å². The lowest BCUT2D eigenvalue weighted by molar-refractivity contribution is 0.880. The molecule has 1 heterocycles. The van der Waals surface area contributed by atoms with Crippen LogP contribution >= 0.6 is 0 Å². The van der Waals surface area contributed by atoms with Gasteiger partial charge < -0.3 is 5.32 Å². The van der Waals surface area contributed by atoms with Crippen molar-refractivity contribution in [1.29, 1.82) is 0 Å². The van der Waals surface area contributed by atoms with Crippen LogP contribution in [0.3, 0.4) is 0 Å². The molecule has 1 heteroatoms. The molecule has 0 amide bonds. The van der Waals surface area contributed by atoms with Crippen molar-refractivity contribution in [2.75, 3.05) is 0 Å². The molecule has 1 rings (SSSR count). The van der Waals surface area contributed by atoms with E-state index in [2.05, 4.69) is 50.4 Å². The van der Waals surface area contributed by atoms with Gasteiger partial charge in [-0.2, -0.15) is 0 Å². The van der Waals surface area contributed by atoms with E-state index < -0.39 is 0 Å². The Bertz CT molecular complexity index is 223.